The quantitative estimate of drug-likeness (QED) is 0.415. The van der Waals surface area contributed by atoms with Crippen molar-refractivity contribution in [1.82, 2.24) is 5.32 Å². The number of carboxylic acid groups (broad SMARTS) is 1. The largest absolute Gasteiger partial charge is 0.480 e. The number of nitrogens with two attached hydrogens (primary N) is 1. The molecule has 0 radical (unpaired) electrons. The molecular formula is C5H10N2O2. The van der Waals surface area contributed by atoms with Crippen molar-refractivity contribution in [2.75, 3.05) is 6.54 Å². The van der Waals surface area contributed by atoms with Gasteiger partial charge >= 0.3 is 5.97 Å². The lowest BCUT2D eigenvalue weighted by Gasteiger charge is -2.00. The topological polar surface area (TPSA) is 75.3 Å². The zero-order valence-corrected chi connectivity index (χ0v) is 5.00. The minimum Gasteiger partial charge on any atom is -0.480 e. The number of aliphatic carboxylic acids is 1. The van der Waals surface area contributed by atoms with E-state index in [-0.39, 0.29) is 6.04 Å². The second kappa shape index (κ2) is 2.33. The molecule has 52 valence electrons. The Morgan fingerprint density at radius 1 is 1.78 bits per heavy atom. The van der Waals surface area contributed by atoms with Gasteiger partial charge in [0, 0.05) is 12.6 Å². The molecule has 0 saturated carbocycles. The Morgan fingerprint density at radius 2 is 2.44 bits per heavy atom. The van der Waals surface area contributed by atoms with E-state index in [1.54, 1.807) is 0 Å². The van der Waals surface area contributed by atoms with Crippen LogP contribution in [0.15, 0.2) is 0 Å². The minimum absolute atomic E-state index is 0.0195. The van der Waals surface area contributed by atoms with Gasteiger partial charge in [-0.3, -0.25) is 4.79 Å². The van der Waals surface area contributed by atoms with Crippen LogP contribution in [-0.4, -0.2) is 29.7 Å². The molecule has 4 nitrogen and oxygen atoms in total. The van der Waals surface area contributed by atoms with Crippen molar-refractivity contribution in [3.8, 4) is 0 Å². The van der Waals surface area contributed by atoms with Crippen LogP contribution in [-0.2, 0) is 4.79 Å². The van der Waals surface area contributed by atoms with Gasteiger partial charge < -0.3 is 16.2 Å². The van der Waals surface area contributed by atoms with Crippen LogP contribution < -0.4 is 11.1 Å². The Hall–Kier alpha value is -0.610. The summed E-state index contributed by atoms with van der Waals surface area (Å²) in [6, 6.07) is -0.397. The molecule has 0 spiro atoms. The summed E-state index contributed by atoms with van der Waals surface area (Å²) in [5.74, 6) is -0.803. The molecule has 1 fully saturated rings. The maximum atomic E-state index is 10.2. The predicted molar refractivity (Wildman–Crippen MR) is 32.0 cm³/mol. The summed E-state index contributed by atoms with van der Waals surface area (Å²) in [7, 11) is 0. The van der Waals surface area contributed by atoms with E-state index in [2.05, 4.69) is 5.32 Å². The SMILES string of the molecule is N[C@@H]1CNC(C(=O)O)C1. The van der Waals surface area contributed by atoms with Crippen molar-refractivity contribution < 1.29 is 9.90 Å². The molecule has 0 aromatic heterocycles. The molecule has 1 aliphatic rings. The van der Waals surface area contributed by atoms with Gasteiger partial charge in [0.25, 0.3) is 0 Å². The Kier molecular flexibility index (Phi) is 1.68. The average Bonchev–Trinajstić information content (AvgIpc) is 2.14. The highest BCUT2D eigenvalue weighted by Crippen LogP contribution is 2.03. The summed E-state index contributed by atoms with van der Waals surface area (Å²) in [6.07, 6.45) is 0.551. The standard InChI is InChI=1S/C5H10N2O2/c6-3-1-4(5(8)9)7-2-3/h3-4,7H,1-2,6H2,(H,8,9)/t3-,4?/m0/s1. The van der Waals surface area contributed by atoms with Crippen LogP contribution in [0.25, 0.3) is 0 Å². The lowest BCUT2D eigenvalue weighted by molar-refractivity contribution is -0.139. The summed E-state index contributed by atoms with van der Waals surface area (Å²) in [5.41, 5.74) is 5.44. The highest BCUT2D eigenvalue weighted by atomic mass is 16.4. The molecule has 2 atom stereocenters. The van der Waals surface area contributed by atoms with Gasteiger partial charge in [0.15, 0.2) is 0 Å². The normalized spacial score (nSPS) is 34.8. The van der Waals surface area contributed by atoms with E-state index in [1.807, 2.05) is 0 Å². The van der Waals surface area contributed by atoms with Crippen LogP contribution in [0, 0.1) is 0 Å². The first-order valence-electron chi connectivity index (χ1n) is 2.92. The Morgan fingerprint density at radius 3 is 2.67 bits per heavy atom. The van der Waals surface area contributed by atoms with Crippen molar-refractivity contribution in [2.45, 2.75) is 18.5 Å². The number of carbonyl (C=O) groups is 1. The Balaban J connectivity index is 2.39. The molecule has 0 aliphatic carbocycles. The van der Waals surface area contributed by atoms with Crippen LogP contribution in [0.1, 0.15) is 6.42 Å². The van der Waals surface area contributed by atoms with Crippen LogP contribution in [0.2, 0.25) is 0 Å². The molecule has 1 unspecified atom stereocenters. The van der Waals surface area contributed by atoms with E-state index in [0.717, 1.165) is 0 Å². The third kappa shape index (κ3) is 1.40. The van der Waals surface area contributed by atoms with Crippen LogP contribution in [0.4, 0.5) is 0 Å². The third-order valence-corrected chi connectivity index (χ3v) is 1.46. The second-order valence-corrected chi connectivity index (χ2v) is 2.29. The zero-order valence-electron chi connectivity index (χ0n) is 5.00. The molecule has 1 aliphatic heterocycles. The summed E-state index contributed by atoms with van der Waals surface area (Å²) >= 11 is 0. The van der Waals surface area contributed by atoms with E-state index < -0.39 is 12.0 Å². The van der Waals surface area contributed by atoms with Gasteiger partial charge in [0.1, 0.15) is 6.04 Å². The summed E-state index contributed by atoms with van der Waals surface area (Å²) in [5, 5.41) is 11.2. The number of hydrogen-bond donors (Lipinski definition) is 3. The van der Waals surface area contributed by atoms with Gasteiger partial charge in [-0.1, -0.05) is 0 Å². The van der Waals surface area contributed by atoms with Gasteiger partial charge in [-0.05, 0) is 6.42 Å². The van der Waals surface area contributed by atoms with Crippen molar-refractivity contribution in [3.05, 3.63) is 0 Å². The maximum absolute atomic E-state index is 10.2. The summed E-state index contributed by atoms with van der Waals surface area (Å²) < 4.78 is 0. The monoisotopic (exact) mass is 130 g/mol. The fourth-order valence-corrected chi connectivity index (χ4v) is 0.951. The molecule has 0 aromatic rings. The van der Waals surface area contributed by atoms with Crippen LogP contribution in [0.5, 0.6) is 0 Å². The molecule has 4 heteroatoms. The molecule has 1 heterocycles. The van der Waals surface area contributed by atoms with Crippen molar-refractivity contribution in [3.63, 3.8) is 0 Å². The van der Waals surface area contributed by atoms with E-state index in [0.29, 0.717) is 13.0 Å². The molecule has 0 aromatic carbocycles. The van der Waals surface area contributed by atoms with E-state index in [1.165, 1.54) is 0 Å². The van der Waals surface area contributed by atoms with Crippen LogP contribution in [0.3, 0.4) is 0 Å². The lowest BCUT2D eigenvalue weighted by atomic mass is 10.2. The predicted octanol–water partition coefficient (Wildman–Crippen LogP) is -1.24. The smallest absolute Gasteiger partial charge is 0.320 e. The second-order valence-electron chi connectivity index (χ2n) is 2.29. The molecule has 1 saturated heterocycles. The number of carboxylic acids is 1. The summed E-state index contributed by atoms with van der Waals surface area (Å²) in [6.45, 7) is 0.622. The molecule has 9 heavy (non-hydrogen) atoms. The Bertz CT molecular complexity index is 126. The molecular weight excluding hydrogens is 120 g/mol. The molecule has 4 N–H and O–H groups in total. The highest BCUT2D eigenvalue weighted by molar-refractivity contribution is 5.73. The lowest BCUT2D eigenvalue weighted by Crippen LogP contribution is -2.30. The van der Waals surface area contributed by atoms with Crippen molar-refractivity contribution >= 4 is 5.97 Å². The van der Waals surface area contributed by atoms with Gasteiger partial charge in [-0.15, -0.1) is 0 Å². The van der Waals surface area contributed by atoms with E-state index >= 15 is 0 Å². The number of nitrogens with one attached hydrogen (secondary N) is 1. The van der Waals surface area contributed by atoms with Crippen molar-refractivity contribution in [2.24, 2.45) is 5.73 Å². The van der Waals surface area contributed by atoms with Crippen LogP contribution >= 0.6 is 0 Å². The maximum Gasteiger partial charge on any atom is 0.320 e. The molecule has 0 amide bonds. The van der Waals surface area contributed by atoms with Gasteiger partial charge in [-0.25, -0.2) is 0 Å². The van der Waals surface area contributed by atoms with Gasteiger partial charge in [0.2, 0.25) is 0 Å². The fraction of sp³-hybridized carbons (Fsp3) is 0.800. The first-order chi connectivity index (χ1) is 4.20. The third-order valence-electron chi connectivity index (χ3n) is 1.46. The number of rotatable bonds is 1. The highest BCUT2D eigenvalue weighted by Gasteiger charge is 2.26. The molecule has 1 rings (SSSR count). The number of hydrogen-bond acceptors (Lipinski definition) is 3. The Labute approximate surface area is 53.0 Å². The average molecular weight is 130 g/mol. The zero-order chi connectivity index (χ0) is 6.85. The minimum atomic E-state index is -0.803. The van der Waals surface area contributed by atoms with E-state index in [9.17, 15) is 4.79 Å². The van der Waals surface area contributed by atoms with Gasteiger partial charge in [0.05, 0.1) is 0 Å². The summed E-state index contributed by atoms with van der Waals surface area (Å²) in [4.78, 5) is 10.2. The first kappa shape index (κ1) is 6.51. The molecule has 0 bridgehead atoms. The van der Waals surface area contributed by atoms with E-state index in [4.69, 9.17) is 10.8 Å². The van der Waals surface area contributed by atoms with Crippen molar-refractivity contribution in [1.29, 1.82) is 0 Å². The first-order valence-corrected chi connectivity index (χ1v) is 2.92. The van der Waals surface area contributed by atoms with Gasteiger partial charge in [-0.2, -0.15) is 0 Å². The fourth-order valence-electron chi connectivity index (χ4n) is 0.951.